The van der Waals surface area contributed by atoms with E-state index >= 15 is 0 Å². The van der Waals surface area contributed by atoms with E-state index in [-0.39, 0.29) is 30.1 Å². The first-order valence-electron chi connectivity index (χ1n) is 6.46. The highest BCUT2D eigenvalue weighted by Crippen LogP contribution is 2.25. The molecule has 1 aliphatic carbocycles. The minimum Gasteiger partial charge on any atom is -0.469 e. The summed E-state index contributed by atoms with van der Waals surface area (Å²) < 4.78 is 4.77. The van der Waals surface area contributed by atoms with E-state index in [0.29, 0.717) is 0 Å². The van der Waals surface area contributed by atoms with Crippen molar-refractivity contribution < 1.29 is 14.6 Å². The van der Waals surface area contributed by atoms with E-state index in [4.69, 9.17) is 4.74 Å². The third kappa shape index (κ3) is 3.42. The molecule has 1 N–H and O–H groups in total. The van der Waals surface area contributed by atoms with Crippen LogP contribution in [-0.2, 0) is 9.53 Å². The number of rotatable bonds is 4. The first-order valence-corrected chi connectivity index (χ1v) is 6.46. The topological polar surface area (TPSA) is 49.8 Å². The van der Waals surface area contributed by atoms with Crippen molar-refractivity contribution in [3.05, 3.63) is 0 Å². The van der Waals surface area contributed by atoms with Crippen molar-refractivity contribution in [2.75, 3.05) is 14.2 Å². The molecular formula is C13H25NO3. The molecule has 0 spiro atoms. The highest BCUT2D eigenvalue weighted by molar-refractivity contribution is 5.72. The van der Waals surface area contributed by atoms with Gasteiger partial charge in [-0.2, -0.15) is 0 Å². The third-order valence-corrected chi connectivity index (χ3v) is 4.16. The van der Waals surface area contributed by atoms with Gasteiger partial charge in [0.15, 0.2) is 0 Å². The van der Waals surface area contributed by atoms with E-state index < -0.39 is 0 Å². The van der Waals surface area contributed by atoms with Crippen LogP contribution in [0.5, 0.6) is 0 Å². The molecule has 0 radical (unpaired) electrons. The summed E-state index contributed by atoms with van der Waals surface area (Å²) in [5.74, 6) is -0.353. The summed E-state index contributed by atoms with van der Waals surface area (Å²) in [5.41, 5.74) is 0. The van der Waals surface area contributed by atoms with Gasteiger partial charge in [0.2, 0.25) is 0 Å². The molecule has 4 heteroatoms. The van der Waals surface area contributed by atoms with E-state index in [0.717, 1.165) is 25.7 Å². The zero-order valence-corrected chi connectivity index (χ0v) is 11.3. The fraction of sp³-hybridized carbons (Fsp3) is 0.923. The van der Waals surface area contributed by atoms with Gasteiger partial charge in [0.1, 0.15) is 0 Å². The van der Waals surface area contributed by atoms with Crippen LogP contribution in [0.25, 0.3) is 0 Å². The Balaban J connectivity index is 2.61. The number of carbonyl (C=O) groups is 1. The van der Waals surface area contributed by atoms with Crippen molar-refractivity contribution in [3.8, 4) is 0 Å². The van der Waals surface area contributed by atoms with Crippen LogP contribution in [0, 0.1) is 5.92 Å². The summed E-state index contributed by atoms with van der Waals surface area (Å²) in [6.45, 7) is 3.89. The Labute approximate surface area is 104 Å². The second-order valence-electron chi connectivity index (χ2n) is 5.14. The lowest BCUT2D eigenvalue weighted by atomic mass is 9.89. The van der Waals surface area contributed by atoms with Gasteiger partial charge in [-0.3, -0.25) is 9.69 Å². The monoisotopic (exact) mass is 243 g/mol. The molecule has 0 aromatic rings. The van der Waals surface area contributed by atoms with E-state index in [1.165, 1.54) is 7.11 Å². The Hall–Kier alpha value is -0.610. The lowest BCUT2D eigenvalue weighted by molar-refractivity contribution is -0.147. The molecule has 0 aliphatic heterocycles. The van der Waals surface area contributed by atoms with Gasteiger partial charge < -0.3 is 9.84 Å². The Kier molecular flexibility index (Phi) is 5.40. The maximum atomic E-state index is 11.5. The van der Waals surface area contributed by atoms with Crippen LogP contribution < -0.4 is 0 Å². The van der Waals surface area contributed by atoms with Crippen LogP contribution in [0.2, 0.25) is 0 Å². The van der Waals surface area contributed by atoms with Crippen LogP contribution in [0.1, 0.15) is 39.5 Å². The van der Waals surface area contributed by atoms with Gasteiger partial charge in [0.25, 0.3) is 0 Å². The van der Waals surface area contributed by atoms with Crippen LogP contribution in [0.3, 0.4) is 0 Å². The molecule has 0 heterocycles. The number of hydrogen-bond donors (Lipinski definition) is 1. The summed E-state index contributed by atoms with van der Waals surface area (Å²) in [7, 11) is 3.41. The minimum atomic E-state index is -0.263. The molecular weight excluding hydrogens is 218 g/mol. The summed E-state index contributed by atoms with van der Waals surface area (Å²) in [5, 5.41) is 10.0. The Bertz CT molecular complexity index is 257. The van der Waals surface area contributed by atoms with Crippen molar-refractivity contribution in [1.82, 2.24) is 4.90 Å². The van der Waals surface area contributed by atoms with Crippen molar-refractivity contribution in [3.63, 3.8) is 0 Å². The zero-order chi connectivity index (χ0) is 13.0. The Morgan fingerprint density at radius 1 is 1.35 bits per heavy atom. The Morgan fingerprint density at radius 3 is 2.47 bits per heavy atom. The van der Waals surface area contributed by atoms with E-state index in [1.807, 2.05) is 20.9 Å². The third-order valence-electron chi connectivity index (χ3n) is 4.16. The predicted molar refractivity (Wildman–Crippen MR) is 66.7 cm³/mol. The molecule has 1 fully saturated rings. The standard InChI is InChI=1S/C13H25NO3/c1-9(13(16)17-4)10(2)14(3)11-7-5-6-8-12(11)15/h9-12,15H,5-8H2,1-4H3. The molecule has 1 saturated carbocycles. The molecule has 4 nitrogen and oxygen atoms in total. The van der Waals surface area contributed by atoms with Crippen LogP contribution in [0.4, 0.5) is 0 Å². The predicted octanol–water partition coefficient (Wildman–Crippen LogP) is 1.42. The highest BCUT2D eigenvalue weighted by atomic mass is 16.5. The molecule has 100 valence electrons. The quantitative estimate of drug-likeness (QED) is 0.759. The number of ether oxygens (including phenoxy) is 1. The minimum absolute atomic E-state index is 0.0835. The largest absolute Gasteiger partial charge is 0.469 e. The molecule has 1 aliphatic rings. The molecule has 0 bridgehead atoms. The van der Waals surface area contributed by atoms with E-state index in [1.54, 1.807) is 0 Å². The highest BCUT2D eigenvalue weighted by Gasteiger charge is 2.33. The normalized spacial score (nSPS) is 28.8. The first kappa shape index (κ1) is 14.5. The molecule has 0 aromatic carbocycles. The fourth-order valence-corrected chi connectivity index (χ4v) is 2.60. The average molecular weight is 243 g/mol. The van der Waals surface area contributed by atoms with Crippen LogP contribution in [0.15, 0.2) is 0 Å². The molecule has 17 heavy (non-hydrogen) atoms. The van der Waals surface area contributed by atoms with Crippen LogP contribution >= 0.6 is 0 Å². The van der Waals surface area contributed by atoms with Crippen molar-refractivity contribution >= 4 is 5.97 Å². The number of aliphatic hydroxyl groups excluding tert-OH is 1. The number of hydrogen-bond acceptors (Lipinski definition) is 4. The maximum absolute atomic E-state index is 11.5. The second kappa shape index (κ2) is 6.36. The molecule has 1 rings (SSSR count). The van der Waals surface area contributed by atoms with Gasteiger partial charge in [-0.05, 0) is 26.8 Å². The van der Waals surface area contributed by atoms with E-state index in [2.05, 4.69) is 4.90 Å². The number of nitrogens with zero attached hydrogens (tertiary/aromatic N) is 1. The van der Waals surface area contributed by atoms with Gasteiger partial charge in [0.05, 0.1) is 19.1 Å². The SMILES string of the molecule is COC(=O)C(C)C(C)N(C)C1CCCCC1O. The van der Waals surface area contributed by atoms with Gasteiger partial charge in [-0.15, -0.1) is 0 Å². The van der Waals surface area contributed by atoms with Crippen LogP contribution in [-0.4, -0.2) is 48.3 Å². The number of carbonyl (C=O) groups excluding carboxylic acids is 1. The number of esters is 1. The second-order valence-corrected chi connectivity index (χ2v) is 5.14. The smallest absolute Gasteiger partial charge is 0.309 e. The lowest BCUT2D eigenvalue weighted by Gasteiger charge is -2.40. The molecule has 0 aromatic heterocycles. The van der Waals surface area contributed by atoms with Gasteiger partial charge >= 0.3 is 5.97 Å². The van der Waals surface area contributed by atoms with Gasteiger partial charge in [-0.1, -0.05) is 19.8 Å². The summed E-state index contributed by atoms with van der Waals surface area (Å²) >= 11 is 0. The molecule has 4 atom stereocenters. The van der Waals surface area contributed by atoms with E-state index in [9.17, 15) is 9.90 Å². The van der Waals surface area contributed by atoms with Gasteiger partial charge in [0, 0.05) is 12.1 Å². The van der Waals surface area contributed by atoms with Gasteiger partial charge in [-0.25, -0.2) is 0 Å². The summed E-state index contributed by atoms with van der Waals surface area (Å²) in [4.78, 5) is 13.6. The zero-order valence-electron chi connectivity index (χ0n) is 11.3. The van der Waals surface area contributed by atoms with Crippen molar-refractivity contribution in [2.45, 2.75) is 57.7 Å². The van der Waals surface area contributed by atoms with Crippen molar-refractivity contribution in [2.24, 2.45) is 5.92 Å². The average Bonchev–Trinajstić information content (AvgIpc) is 2.35. The number of methoxy groups -OCH3 is 1. The Morgan fingerprint density at radius 2 is 1.94 bits per heavy atom. The summed E-state index contributed by atoms with van der Waals surface area (Å²) in [6.07, 6.45) is 3.88. The fourth-order valence-electron chi connectivity index (χ4n) is 2.60. The summed E-state index contributed by atoms with van der Waals surface area (Å²) in [6, 6.07) is 0.256. The number of aliphatic hydroxyl groups is 1. The molecule has 0 amide bonds. The molecule has 0 saturated heterocycles. The molecule has 4 unspecified atom stereocenters. The maximum Gasteiger partial charge on any atom is 0.309 e. The number of likely N-dealkylation sites (N-methyl/N-ethyl adjacent to an activating group) is 1. The van der Waals surface area contributed by atoms with Crippen molar-refractivity contribution in [1.29, 1.82) is 0 Å². The lowest BCUT2D eigenvalue weighted by Crippen LogP contribution is -2.50. The first-order chi connectivity index (χ1) is 7.99.